The first-order valence-electron chi connectivity index (χ1n) is 12.8. The van der Waals surface area contributed by atoms with Gasteiger partial charge in [0.15, 0.2) is 0 Å². The van der Waals surface area contributed by atoms with Crippen molar-refractivity contribution in [2.75, 3.05) is 19.6 Å². The smallest absolute Gasteiger partial charge is 0.294 e. The second-order valence-corrected chi connectivity index (χ2v) is 10.1. The van der Waals surface area contributed by atoms with Gasteiger partial charge in [-0.15, -0.1) is 0 Å². The molecule has 184 valence electrons. The zero-order chi connectivity index (χ0) is 25.0. The van der Waals surface area contributed by atoms with E-state index >= 15 is 0 Å². The Kier molecular flexibility index (Phi) is 6.99. The fourth-order valence-electron chi connectivity index (χ4n) is 5.64. The van der Waals surface area contributed by atoms with E-state index in [0.717, 1.165) is 25.7 Å². The molecule has 5 rings (SSSR count). The molecule has 3 aromatic rings. The van der Waals surface area contributed by atoms with Crippen molar-refractivity contribution >= 4 is 17.6 Å². The molecular weight excluding hydrogens is 448 g/mol. The molecule has 2 amide bonds. The fraction of sp³-hybridized carbons (Fsp3) is 0.323. The fourth-order valence-corrected chi connectivity index (χ4v) is 5.64. The lowest BCUT2D eigenvalue weighted by Gasteiger charge is -2.32. The van der Waals surface area contributed by atoms with Crippen LogP contribution in [-0.4, -0.2) is 42.1 Å². The predicted molar refractivity (Wildman–Crippen MR) is 139 cm³/mol. The standard InChI is InChI=1S/C31H32N2O3/c34-28(25-14-8-3-9-15-25)30(36)33-20-17-31(18-21-33)22-27(31)29(35)32-19-16-26(23-10-4-1-5-11-23)24-12-6-2-7-13-24/h1-15,26-27H,16-22H2,(H,32,35)/t27-/m0/s1. The molecule has 1 N–H and O–H groups in total. The zero-order valence-electron chi connectivity index (χ0n) is 20.4. The Balaban J connectivity index is 1.12. The highest BCUT2D eigenvalue weighted by molar-refractivity contribution is 6.42. The van der Waals surface area contributed by atoms with Crippen LogP contribution in [0.3, 0.4) is 0 Å². The minimum Gasteiger partial charge on any atom is -0.356 e. The number of nitrogens with one attached hydrogen (secondary N) is 1. The van der Waals surface area contributed by atoms with Crippen molar-refractivity contribution in [2.45, 2.75) is 31.6 Å². The molecule has 0 radical (unpaired) electrons. The van der Waals surface area contributed by atoms with E-state index in [1.807, 2.05) is 18.2 Å². The first kappa shape index (κ1) is 24.0. The number of rotatable bonds is 8. The van der Waals surface area contributed by atoms with Gasteiger partial charge in [-0.2, -0.15) is 0 Å². The van der Waals surface area contributed by atoms with Crippen molar-refractivity contribution < 1.29 is 14.4 Å². The van der Waals surface area contributed by atoms with E-state index in [2.05, 4.69) is 53.8 Å². The van der Waals surface area contributed by atoms with Crippen molar-refractivity contribution in [1.82, 2.24) is 10.2 Å². The van der Waals surface area contributed by atoms with E-state index < -0.39 is 11.7 Å². The molecule has 1 atom stereocenters. The lowest BCUT2D eigenvalue weighted by atomic mass is 9.88. The van der Waals surface area contributed by atoms with Gasteiger partial charge in [0.2, 0.25) is 11.7 Å². The van der Waals surface area contributed by atoms with Crippen LogP contribution in [0.1, 0.15) is 53.1 Å². The van der Waals surface area contributed by atoms with Gasteiger partial charge in [0.25, 0.3) is 5.91 Å². The normalized spacial score (nSPS) is 18.1. The van der Waals surface area contributed by atoms with E-state index in [9.17, 15) is 14.4 Å². The van der Waals surface area contributed by atoms with Crippen LogP contribution < -0.4 is 5.32 Å². The highest BCUT2D eigenvalue weighted by atomic mass is 16.2. The maximum atomic E-state index is 13.0. The summed E-state index contributed by atoms with van der Waals surface area (Å²) in [6.07, 6.45) is 3.25. The number of hydrogen-bond donors (Lipinski definition) is 1. The van der Waals surface area contributed by atoms with E-state index in [1.54, 1.807) is 29.2 Å². The number of amides is 2. The monoisotopic (exact) mass is 480 g/mol. The summed E-state index contributed by atoms with van der Waals surface area (Å²) < 4.78 is 0. The quantitative estimate of drug-likeness (QED) is 0.371. The Morgan fingerprint density at radius 1 is 0.806 bits per heavy atom. The van der Waals surface area contributed by atoms with Crippen LogP contribution >= 0.6 is 0 Å². The van der Waals surface area contributed by atoms with E-state index in [-0.39, 0.29) is 23.2 Å². The second kappa shape index (κ2) is 10.5. The topological polar surface area (TPSA) is 66.5 Å². The van der Waals surface area contributed by atoms with Crippen molar-refractivity contribution in [3.05, 3.63) is 108 Å². The van der Waals surface area contributed by atoms with Crippen molar-refractivity contribution in [2.24, 2.45) is 11.3 Å². The van der Waals surface area contributed by atoms with Crippen molar-refractivity contribution in [1.29, 1.82) is 0 Å². The molecule has 2 aliphatic rings. The highest BCUT2D eigenvalue weighted by Crippen LogP contribution is 2.59. The Morgan fingerprint density at radius 2 is 1.33 bits per heavy atom. The van der Waals surface area contributed by atoms with Crippen LogP contribution in [0.4, 0.5) is 0 Å². The van der Waals surface area contributed by atoms with Gasteiger partial charge < -0.3 is 10.2 Å². The first-order valence-corrected chi connectivity index (χ1v) is 12.8. The molecule has 2 fully saturated rings. The molecule has 0 unspecified atom stereocenters. The Labute approximate surface area is 212 Å². The number of carbonyl (C=O) groups excluding carboxylic acids is 3. The summed E-state index contributed by atoms with van der Waals surface area (Å²) >= 11 is 0. The minimum atomic E-state index is -0.456. The van der Waals surface area contributed by atoms with Gasteiger partial charge in [0, 0.05) is 37.0 Å². The summed E-state index contributed by atoms with van der Waals surface area (Å²) in [5.41, 5.74) is 2.91. The third-order valence-electron chi connectivity index (χ3n) is 7.92. The number of hydrogen-bond acceptors (Lipinski definition) is 3. The largest absolute Gasteiger partial charge is 0.356 e. The van der Waals surface area contributed by atoms with Gasteiger partial charge in [-0.05, 0) is 42.2 Å². The summed E-state index contributed by atoms with van der Waals surface area (Å²) in [5.74, 6) is -0.535. The van der Waals surface area contributed by atoms with Crippen LogP contribution in [0, 0.1) is 11.3 Å². The molecular formula is C31H32N2O3. The maximum absolute atomic E-state index is 13.0. The number of likely N-dealkylation sites (tertiary alicyclic amines) is 1. The molecule has 5 heteroatoms. The lowest BCUT2D eigenvalue weighted by Crippen LogP contribution is -2.43. The number of ketones is 1. The molecule has 36 heavy (non-hydrogen) atoms. The minimum absolute atomic E-state index is 0.00600. The summed E-state index contributed by atoms with van der Waals surface area (Å²) in [7, 11) is 0. The molecule has 3 aromatic carbocycles. The second-order valence-electron chi connectivity index (χ2n) is 10.1. The molecule has 0 bridgehead atoms. The maximum Gasteiger partial charge on any atom is 0.294 e. The van der Waals surface area contributed by atoms with Gasteiger partial charge >= 0.3 is 0 Å². The average Bonchev–Trinajstić information content (AvgIpc) is 3.65. The number of Topliss-reactive ketones (excluding diaryl/α,β-unsaturated/α-hetero) is 1. The predicted octanol–water partition coefficient (Wildman–Crippen LogP) is 4.84. The number of nitrogens with zero attached hydrogens (tertiary/aromatic N) is 1. The van der Waals surface area contributed by atoms with Crippen LogP contribution in [0.5, 0.6) is 0 Å². The van der Waals surface area contributed by atoms with E-state index in [1.165, 1.54) is 11.1 Å². The zero-order valence-corrected chi connectivity index (χ0v) is 20.4. The van der Waals surface area contributed by atoms with E-state index in [4.69, 9.17) is 0 Å². The average molecular weight is 481 g/mol. The van der Waals surface area contributed by atoms with Crippen LogP contribution in [0.2, 0.25) is 0 Å². The van der Waals surface area contributed by atoms with Crippen LogP contribution in [0.25, 0.3) is 0 Å². The van der Waals surface area contributed by atoms with Crippen LogP contribution in [-0.2, 0) is 9.59 Å². The molecule has 0 aromatic heterocycles. The summed E-state index contributed by atoms with van der Waals surface area (Å²) in [4.78, 5) is 39.8. The van der Waals surface area contributed by atoms with E-state index in [0.29, 0.717) is 25.2 Å². The summed E-state index contributed by atoms with van der Waals surface area (Å²) in [5, 5.41) is 3.19. The van der Waals surface area contributed by atoms with Gasteiger partial charge in [-0.1, -0.05) is 91.0 Å². The molecule has 1 spiro atoms. The first-order chi connectivity index (χ1) is 17.6. The van der Waals surface area contributed by atoms with Crippen molar-refractivity contribution in [3.8, 4) is 0 Å². The van der Waals surface area contributed by atoms with Crippen molar-refractivity contribution in [3.63, 3.8) is 0 Å². The molecule has 5 nitrogen and oxygen atoms in total. The SMILES string of the molecule is O=C(C(=O)N1CCC2(CC1)C[C@H]2C(=O)NCCC(c1ccccc1)c1ccccc1)c1ccccc1. The van der Waals surface area contributed by atoms with Crippen LogP contribution in [0.15, 0.2) is 91.0 Å². The third kappa shape index (κ3) is 5.11. The molecule has 1 saturated heterocycles. The highest BCUT2D eigenvalue weighted by Gasteiger charge is 2.58. The third-order valence-corrected chi connectivity index (χ3v) is 7.92. The van der Waals surface area contributed by atoms with Gasteiger partial charge in [0.1, 0.15) is 0 Å². The summed E-state index contributed by atoms with van der Waals surface area (Å²) in [6.45, 7) is 1.69. The molecule has 1 aliphatic heterocycles. The van der Waals surface area contributed by atoms with Gasteiger partial charge in [-0.25, -0.2) is 0 Å². The molecule has 1 aliphatic carbocycles. The molecule has 1 heterocycles. The Morgan fingerprint density at radius 3 is 1.89 bits per heavy atom. The lowest BCUT2D eigenvalue weighted by molar-refractivity contribution is -0.128. The van der Waals surface area contributed by atoms with Gasteiger partial charge in [0.05, 0.1) is 0 Å². The Hall–Kier alpha value is -3.73. The number of piperidine rings is 1. The summed E-state index contributed by atoms with van der Waals surface area (Å²) in [6, 6.07) is 29.6. The number of carbonyl (C=O) groups is 3. The Bertz CT molecular complexity index is 1160. The number of benzene rings is 3. The molecule has 1 saturated carbocycles. The van der Waals surface area contributed by atoms with Gasteiger partial charge in [-0.3, -0.25) is 14.4 Å².